The van der Waals surface area contributed by atoms with Crippen molar-refractivity contribution in [3.05, 3.63) is 28.3 Å². The lowest BCUT2D eigenvalue weighted by atomic mass is 10.2. The first-order valence-electron chi connectivity index (χ1n) is 5.31. The monoisotopic (exact) mass is 310 g/mol. The third-order valence-electron chi connectivity index (χ3n) is 2.39. The summed E-state index contributed by atoms with van der Waals surface area (Å²) in [5.74, 6) is 0. The average molecular weight is 310 g/mol. The fourth-order valence-electron chi connectivity index (χ4n) is 1.35. The van der Waals surface area contributed by atoms with Crippen LogP contribution in [-0.2, 0) is 9.84 Å². The summed E-state index contributed by atoms with van der Waals surface area (Å²) in [6.45, 7) is -0.600. The van der Waals surface area contributed by atoms with Gasteiger partial charge in [0.1, 0.15) is 11.8 Å². The number of anilines is 1. The molecule has 0 aliphatic heterocycles. The predicted octanol–water partition coefficient (Wildman–Crippen LogP) is 1.04. The van der Waals surface area contributed by atoms with E-state index in [4.69, 9.17) is 5.11 Å². The molecule has 0 saturated carbocycles. The van der Waals surface area contributed by atoms with Crippen LogP contribution in [0.2, 0.25) is 0 Å². The van der Waals surface area contributed by atoms with Gasteiger partial charge in [-0.2, -0.15) is 0 Å². The Morgan fingerprint density at radius 2 is 2.05 bits per heavy atom. The van der Waals surface area contributed by atoms with E-state index in [1.165, 1.54) is 0 Å². The number of aliphatic hydroxyl groups excluding tert-OH is 1. The molecule has 1 atom stereocenters. The zero-order chi connectivity index (χ0) is 15.5. The van der Waals surface area contributed by atoms with E-state index in [-0.39, 0.29) is 10.6 Å². The molecule has 1 aromatic rings. The molecular weight excluding hydrogens is 298 g/mol. The number of nitrogens with one attached hydrogen (secondary N) is 1. The third-order valence-corrected chi connectivity index (χ3v) is 3.50. The maximum absolute atomic E-state index is 12.1. The number of nitro groups is 1. The molecule has 0 aromatic heterocycles. The first-order chi connectivity index (χ1) is 9.12. The molecule has 1 rings (SSSR count). The van der Waals surface area contributed by atoms with Gasteiger partial charge in [0.2, 0.25) is 0 Å². The Labute approximate surface area is 113 Å². The summed E-state index contributed by atoms with van der Waals surface area (Å²) in [5, 5.41) is 22.1. The number of hydrogen-bond donors (Lipinski definition) is 2. The molecule has 10 heteroatoms. The summed E-state index contributed by atoms with van der Waals surface area (Å²) >= 11 is 0. The predicted molar refractivity (Wildman–Crippen MR) is 66.7 cm³/mol. The number of alkyl halides is 2. The van der Waals surface area contributed by atoms with Gasteiger partial charge in [-0.1, -0.05) is 0 Å². The maximum atomic E-state index is 12.1. The standard InChI is InChI=1S/C10H12F2N2O5S/c1-20(18,19)6-2-3-7(8(4-6)14(16)17)13-5-9(15)10(11)12/h2-4,9-10,13,15H,5H2,1H3. The molecule has 0 amide bonds. The van der Waals surface area contributed by atoms with Crippen molar-refractivity contribution in [2.45, 2.75) is 17.4 Å². The number of nitrogens with zero attached hydrogens (tertiary/aromatic N) is 1. The minimum absolute atomic E-state index is 0.151. The van der Waals surface area contributed by atoms with Crippen LogP contribution in [0.15, 0.2) is 23.1 Å². The van der Waals surface area contributed by atoms with Gasteiger partial charge in [-0.3, -0.25) is 10.1 Å². The van der Waals surface area contributed by atoms with E-state index in [1.807, 2.05) is 0 Å². The highest BCUT2D eigenvalue weighted by molar-refractivity contribution is 7.90. The van der Waals surface area contributed by atoms with E-state index in [0.717, 1.165) is 24.5 Å². The maximum Gasteiger partial charge on any atom is 0.293 e. The van der Waals surface area contributed by atoms with Gasteiger partial charge in [0, 0.05) is 18.9 Å². The van der Waals surface area contributed by atoms with E-state index in [9.17, 15) is 27.3 Å². The van der Waals surface area contributed by atoms with Crippen LogP contribution >= 0.6 is 0 Å². The lowest BCUT2D eigenvalue weighted by Gasteiger charge is -2.12. The number of halogens is 2. The highest BCUT2D eigenvalue weighted by Crippen LogP contribution is 2.27. The fourth-order valence-corrected chi connectivity index (χ4v) is 1.99. The van der Waals surface area contributed by atoms with Crippen LogP contribution in [0, 0.1) is 10.1 Å². The molecule has 112 valence electrons. The second-order valence-corrected chi connectivity index (χ2v) is 6.01. The molecule has 2 N–H and O–H groups in total. The van der Waals surface area contributed by atoms with E-state index >= 15 is 0 Å². The van der Waals surface area contributed by atoms with Gasteiger partial charge in [0.05, 0.1) is 9.82 Å². The highest BCUT2D eigenvalue weighted by Gasteiger charge is 2.21. The van der Waals surface area contributed by atoms with Crippen LogP contribution in [0.3, 0.4) is 0 Å². The Balaban J connectivity index is 3.06. The van der Waals surface area contributed by atoms with Crippen molar-refractivity contribution < 1.29 is 27.2 Å². The lowest BCUT2D eigenvalue weighted by molar-refractivity contribution is -0.384. The summed E-state index contributed by atoms with van der Waals surface area (Å²) < 4.78 is 46.8. The lowest BCUT2D eigenvalue weighted by Crippen LogP contribution is -2.27. The quantitative estimate of drug-likeness (QED) is 0.600. The Bertz CT molecular complexity index is 606. The van der Waals surface area contributed by atoms with Gasteiger partial charge in [0.25, 0.3) is 12.1 Å². The van der Waals surface area contributed by atoms with Crippen molar-refractivity contribution in [1.29, 1.82) is 0 Å². The van der Waals surface area contributed by atoms with Crippen LogP contribution in [0.4, 0.5) is 20.2 Å². The highest BCUT2D eigenvalue weighted by atomic mass is 32.2. The molecule has 7 nitrogen and oxygen atoms in total. The Hall–Kier alpha value is -1.81. The van der Waals surface area contributed by atoms with Crippen molar-refractivity contribution >= 4 is 21.2 Å². The molecule has 0 heterocycles. The van der Waals surface area contributed by atoms with E-state index in [2.05, 4.69) is 5.32 Å². The zero-order valence-corrected chi connectivity index (χ0v) is 11.1. The molecule has 1 unspecified atom stereocenters. The van der Waals surface area contributed by atoms with Crippen molar-refractivity contribution in [3.63, 3.8) is 0 Å². The molecule has 0 fully saturated rings. The second-order valence-electron chi connectivity index (χ2n) is 3.99. The topological polar surface area (TPSA) is 110 Å². The summed E-state index contributed by atoms with van der Waals surface area (Å²) in [4.78, 5) is 9.74. The summed E-state index contributed by atoms with van der Waals surface area (Å²) in [5.41, 5.74) is -0.725. The molecule has 0 bridgehead atoms. The Morgan fingerprint density at radius 1 is 1.45 bits per heavy atom. The Kier molecular flexibility index (Phi) is 4.95. The normalized spacial score (nSPS) is 13.2. The Morgan fingerprint density at radius 3 is 2.50 bits per heavy atom. The smallest absolute Gasteiger partial charge is 0.293 e. The van der Waals surface area contributed by atoms with Crippen LogP contribution in [-0.4, -0.2) is 43.8 Å². The van der Waals surface area contributed by atoms with Crippen LogP contribution in [0.5, 0.6) is 0 Å². The summed E-state index contributed by atoms with van der Waals surface area (Å²) in [6, 6.07) is 3.03. The number of nitro benzene ring substituents is 1. The van der Waals surface area contributed by atoms with Crippen LogP contribution < -0.4 is 5.32 Å². The van der Waals surface area contributed by atoms with Crippen molar-refractivity contribution in [3.8, 4) is 0 Å². The largest absolute Gasteiger partial charge is 0.385 e. The number of hydrogen-bond acceptors (Lipinski definition) is 6. The van der Waals surface area contributed by atoms with Crippen molar-refractivity contribution in [2.75, 3.05) is 18.1 Å². The molecule has 20 heavy (non-hydrogen) atoms. The van der Waals surface area contributed by atoms with E-state index in [1.54, 1.807) is 0 Å². The number of benzene rings is 1. The molecular formula is C10H12F2N2O5S. The molecule has 1 aromatic carbocycles. The fraction of sp³-hybridized carbons (Fsp3) is 0.400. The van der Waals surface area contributed by atoms with Gasteiger partial charge in [-0.15, -0.1) is 0 Å². The zero-order valence-electron chi connectivity index (χ0n) is 10.3. The SMILES string of the molecule is CS(=O)(=O)c1ccc(NCC(O)C(F)F)c([N+](=O)[O-])c1. The average Bonchev–Trinajstić information content (AvgIpc) is 2.34. The van der Waals surface area contributed by atoms with Gasteiger partial charge >= 0.3 is 0 Å². The first-order valence-corrected chi connectivity index (χ1v) is 7.20. The summed E-state index contributed by atoms with van der Waals surface area (Å²) in [6.07, 6.45) is -4.08. The van der Waals surface area contributed by atoms with Crippen LogP contribution in [0.1, 0.15) is 0 Å². The molecule has 0 aliphatic carbocycles. The summed E-state index contributed by atoms with van der Waals surface area (Å²) in [7, 11) is -3.62. The second kappa shape index (κ2) is 6.09. The van der Waals surface area contributed by atoms with Gasteiger partial charge in [-0.25, -0.2) is 17.2 Å². The number of aliphatic hydroxyl groups is 1. The van der Waals surface area contributed by atoms with Crippen LogP contribution in [0.25, 0.3) is 0 Å². The van der Waals surface area contributed by atoms with Gasteiger partial charge in [0.15, 0.2) is 9.84 Å². The molecule has 0 radical (unpaired) electrons. The van der Waals surface area contributed by atoms with E-state index < -0.39 is 39.5 Å². The van der Waals surface area contributed by atoms with Gasteiger partial charge in [-0.05, 0) is 12.1 Å². The number of sulfone groups is 1. The minimum atomic E-state index is -3.62. The van der Waals surface area contributed by atoms with Crippen molar-refractivity contribution in [2.24, 2.45) is 0 Å². The van der Waals surface area contributed by atoms with Gasteiger partial charge < -0.3 is 10.4 Å². The molecule has 0 saturated heterocycles. The molecule has 0 aliphatic rings. The number of rotatable bonds is 6. The molecule has 0 spiro atoms. The first kappa shape index (κ1) is 16.2. The minimum Gasteiger partial charge on any atom is -0.385 e. The van der Waals surface area contributed by atoms with Crippen molar-refractivity contribution in [1.82, 2.24) is 0 Å². The van der Waals surface area contributed by atoms with E-state index in [0.29, 0.717) is 0 Å². The third kappa shape index (κ3) is 4.10.